The van der Waals surface area contributed by atoms with Gasteiger partial charge in [0.15, 0.2) is 11.5 Å². The van der Waals surface area contributed by atoms with Crippen molar-refractivity contribution >= 4 is 17.6 Å². The molecule has 6 nitrogen and oxygen atoms in total. The number of carbonyl (C=O) groups is 1. The van der Waals surface area contributed by atoms with E-state index in [1.807, 2.05) is 11.9 Å². The van der Waals surface area contributed by atoms with E-state index in [0.29, 0.717) is 17.2 Å². The fourth-order valence-electron chi connectivity index (χ4n) is 2.12. The molecule has 0 aliphatic carbocycles. The summed E-state index contributed by atoms with van der Waals surface area (Å²) in [6.45, 7) is 0.947. The molecule has 1 aliphatic heterocycles. The topological polar surface area (TPSA) is 63.2 Å². The maximum absolute atomic E-state index is 11.9. The lowest BCUT2D eigenvalue weighted by Crippen LogP contribution is -2.21. The summed E-state index contributed by atoms with van der Waals surface area (Å²) < 4.78 is 10.3. The van der Waals surface area contributed by atoms with Crippen molar-refractivity contribution in [1.29, 1.82) is 0 Å². The first-order valence-corrected chi connectivity index (χ1v) is 6.45. The van der Waals surface area contributed by atoms with Crippen LogP contribution in [0.25, 0.3) is 0 Å². The second kappa shape index (κ2) is 6.27. The summed E-state index contributed by atoms with van der Waals surface area (Å²) in [5.41, 5.74) is 0.623. The number of nitrogens with one attached hydrogen (secondary N) is 1. The minimum Gasteiger partial charge on any atom is -0.493 e. The monoisotopic (exact) mass is 277 g/mol. The summed E-state index contributed by atoms with van der Waals surface area (Å²) >= 11 is 0. The number of ether oxygens (including phenoxy) is 2. The quantitative estimate of drug-likeness (QED) is 0.921. The van der Waals surface area contributed by atoms with E-state index in [9.17, 15) is 4.79 Å². The summed E-state index contributed by atoms with van der Waals surface area (Å²) in [5.74, 6) is 2.01. The van der Waals surface area contributed by atoms with Crippen molar-refractivity contribution in [3.05, 3.63) is 18.2 Å². The Morgan fingerprint density at radius 2 is 2.05 bits per heavy atom. The molecule has 1 heterocycles. The van der Waals surface area contributed by atoms with Gasteiger partial charge in [-0.3, -0.25) is 0 Å². The number of nitrogens with zero attached hydrogens (tertiary/aromatic N) is 2. The Bertz CT molecular complexity index is 528. The molecule has 1 aromatic carbocycles. The summed E-state index contributed by atoms with van der Waals surface area (Å²) in [4.78, 5) is 17.9. The van der Waals surface area contributed by atoms with Gasteiger partial charge in [0.2, 0.25) is 0 Å². The van der Waals surface area contributed by atoms with Gasteiger partial charge in [0.25, 0.3) is 0 Å². The molecule has 0 unspecified atom stereocenters. The molecule has 0 radical (unpaired) electrons. The van der Waals surface area contributed by atoms with Crippen LogP contribution in [0.1, 0.15) is 12.8 Å². The lowest BCUT2D eigenvalue weighted by Gasteiger charge is -2.11. The molecule has 20 heavy (non-hydrogen) atoms. The molecule has 0 spiro atoms. The average molecular weight is 277 g/mol. The van der Waals surface area contributed by atoms with Crippen LogP contribution >= 0.6 is 0 Å². The van der Waals surface area contributed by atoms with Crippen molar-refractivity contribution in [2.75, 3.05) is 33.1 Å². The van der Waals surface area contributed by atoms with Crippen LogP contribution in [0.2, 0.25) is 0 Å². The summed E-state index contributed by atoms with van der Waals surface area (Å²) in [7, 11) is 5.06. The molecule has 108 valence electrons. The Labute approximate surface area is 118 Å². The molecular weight excluding hydrogens is 258 g/mol. The van der Waals surface area contributed by atoms with Gasteiger partial charge in [0, 0.05) is 31.8 Å². The highest BCUT2D eigenvalue weighted by atomic mass is 16.5. The number of rotatable bonds is 3. The van der Waals surface area contributed by atoms with Crippen LogP contribution in [0.3, 0.4) is 0 Å². The number of aliphatic imine (C=N–C) groups is 1. The first kappa shape index (κ1) is 14.2. The van der Waals surface area contributed by atoms with Gasteiger partial charge in [0.05, 0.1) is 14.2 Å². The molecular formula is C14H19N3O3. The first-order chi connectivity index (χ1) is 9.63. The number of methoxy groups -OCH3 is 2. The number of anilines is 1. The number of hydrogen-bond donors (Lipinski definition) is 1. The van der Waals surface area contributed by atoms with Crippen LogP contribution in [-0.4, -0.2) is 44.6 Å². The lowest BCUT2D eigenvalue weighted by molar-refractivity contribution is 0.259. The molecule has 2 amide bonds. The fraction of sp³-hybridized carbons (Fsp3) is 0.429. The molecule has 1 N–H and O–H groups in total. The molecule has 0 saturated carbocycles. The van der Waals surface area contributed by atoms with Gasteiger partial charge in [-0.2, -0.15) is 4.99 Å². The molecule has 1 saturated heterocycles. The number of carbonyl (C=O) groups excluding carboxylic acids is 1. The van der Waals surface area contributed by atoms with Crippen LogP contribution in [0, 0.1) is 0 Å². The van der Waals surface area contributed by atoms with E-state index in [4.69, 9.17) is 9.47 Å². The van der Waals surface area contributed by atoms with Gasteiger partial charge in [0.1, 0.15) is 5.84 Å². The SMILES string of the molecule is COc1ccc(NC(=O)N=C2CCCN2C)cc1OC. The smallest absolute Gasteiger partial charge is 0.347 e. The largest absolute Gasteiger partial charge is 0.493 e. The van der Waals surface area contributed by atoms with Crippen molar-refractivity contribution in [2.45, 2.75) is 12.8 Å². The van der Waals surface area contributed by atoms with Crippen molar-refractivity contribution in [1.82, 2.24) is 4.90 Å². The average Bonchev–Trinajstić information content (AvgIpc) is 2.84. The van der Waals surface area contributed by atoms with Gasteiger partial charge < -0.3 is 19.7 Å². The van der Waals surface area contributed by atoms with E-state index in [2.05, 4.69) is 10.3 Å². The molecule has 0 atom stereocenters. The van der Waals surface area contributed by atoms with Gasteiger partial charge in [-0.05, 0) is 18.6 Å². The van der Waals surface area contributed by atoms with Crippen LogP contribution in [-0.2, 0) is 0 Å². The Morgan fingerprint density at radius 1 is 1.30 bits per heavy atom. The van der Waals surface area contributed by atoms with Gasteiger partial charge in [-0.15, -0.1) is 0 Å². The van der Waals surface area contributed by atoms with Crippen LogP contribution in [0.4, 0.5) is 10.5 Å². The summed E-state index contributed by atoms with van der Waals surface area (Å²) in [6.07, 6.45) is 1.88. The van der Waals surface area contributed by atoms with Gasteiger partial charge >= 0.3 is 6.03 Å². The molecule has 2 rings (SSSR count). The first-order valence-electron chi connectivity index (χ1n) is 6.45. The normalized spacial score (nSPS) is 16.4. The third-order valence-electron chi connectivity index (χ3n) is 3.20. The number of amidine groups is 1. The van der Waals surface area contributed by atoms with Gasteiger partial charge in [-0.1, -0.05) is 0 Å². The second-order valence-corrected chi connectivity index (χ2v) is 4.55. The second-order valence-electron chi connectivity index (χ2n) is 4.55. The number of urea groups is 1. The highest BCUT2D eigenvalue weighted by Gasteiger charge is 2.15. The minimum absolute atomic E-state index is 0.374. The predicted octanol–water partition coefficient (Wildman–Crippen LogP) is 2.36. The highest BCUT2D eigenvalue weighted by molar-refractivity contribution is 6.00. The predicted molar refractivity (Wildman–Crippen MR) is 77.9 cm³/mol. The zero-order valence-electron chi connectivity index (χ0n) is 12.0. The van der Waals surface area contributed by atoms with Gasteiger partial charge in [-0.25, -0.2) is 4.79 Å². The number of hydrogen-bond acceptors (Lipinski definition) is 3. The fourth-order valence-corrected chi connectivity index (χ4v) is 2.12. The van der Waals surface area contributed by atoms with E-state index in [1.165, 1.54) is 0 Å². The third-order valence-corrected chi connectivity index (χ3v) is 3.20. The zero-order chi connectivity index (χ0) is 14.5. The molecule has 6 heteroatoms. The number of likely N-dealkylation sites (tertiary alicyclic amines) is 1. The number of benzene rings is 1. The van der Waals surface area contributed by atoms with E-state index in [0.717, 1.165) is 25.2 Å². The zero-order valence-corrected chi connectivity index (χ0v) is 12.0. The summed E-state index contributed by atoms with van der Waals surface area (Å²) in [6, 6.07) is 4.82. The molecule has 0 bridgehead atoms. The summed E-state index contributed by atoms with van der Waals surface area (Å²) in [5, 5.41) is 2.73. The van der Waals surface area contributed by atoms with Crippen LogP contribution in [0.5, 0.6) is 11.5 Å². The Hall–Kier alpha value is -2.24. The van der Waals surface area contributed by atoms with Crippen molar-refractivity contribution in [3.63, 3.8) is 0 Å². The number of amides is 2. The highest BCUT2D eigenvalue weighted by Crippen LogP contribution is 2.29. The van der Waals surface area contributed by atoms with E-state index in [-0.39, 0.29) is 6.03 Å². The minimum atomic E-state index is -0.374. The Balaban J connectivity index is 2.08. The lowest BCUT2D eigenvalue weighted by atomic mass is 10.3. The molecule has 1 fully saturated rings. The Kier molecular flexibility index (Phi) is 4.45. The Morgan fingerprint density at radius 3 is 2.65 bits per heavy atom. The molecule has 0 aromatic heterocycles. The van der Waals surface area contributed by atoms with E-state index in [1.54, 1.807) is 32.4 Å². The van der Waals surface area contributed by atoms with E-state index >= 15 is 0 Å². The maximum atomic E-state index is 11.9. The third kappa shape index (κ3) is 3.20. The standard InChI is InChI=1S/C14H19N3O3/c1-17-8-4-5-13(17)16-14(18)15-10-6-7-11(19-2)12(9-10)20-3/h6-7,9H,4-5,8H2,1-3H3,(H,15,18). The van der Waals surface area contributed by atoms with Crippen molar-refractivity contribution < 1.29 is 14.3 Å². The van der Waals surface area contributed by atoms with Crippen molar-refractivity contribution in [3.8, 4) is 11.5 Å². The van der Waals surface area contributed by atoms with Crippen molar-refractivity contribution in [2.24, 2.45) is 4.99 Å². The van der Waals surface area contributed by atoms with Crippen LogP contribution < -0.4 is 14.8 Å². The maximum Gasteiger partial charge on any atom is 0.347 e. The molecule has 1 aromatic rings. The van der Waals surface area contributed by atoms with Crippen LogP contribution in [0.15, 0.2) is 23.2 Å². The van der Waals surface area contributed by atoms with E-state index < -0.39 is 0 Å². The molecule has 1 aliphatic rings.